The van der Waals surface area contributed by atoms with Crippen molar-refractivity contribution in [2.75, 3.05) is 6.61 Å². The van der Waals surface area contributed by atoms with Crippen molar-refractivity contribution in [2.45, 2.75) is 13.8 Å². The molecule has 2 amide bonds. The van der Waals surface area contributed by atoms with E-state index in [9.17, 15) is 14.4 Å². The first-order valence-corrected chi connectivity index (χ1v) is 10.5. The van der Waals surface area contributed by atoms with Crippen molar-refractivity contribution in [3.63, 3.8) is 0 Å². The summed E-state index contributed by atoms with van der Waals surface area (Å²) < 4.78 is 7.55. The Kier molecular flexibility index (Phi) is 7.56. The van der Waals surface area contributed by atoms with Crippen molar-refractivity contribution in [3.8, 4) is 5.69 Å². The molecule has 0 bridgehead atoms. The fraction of sp³-hybridized carbons (Fsp3) is 0.130. The molecular weight excluding hydrogens is 476 g/mol. The number of carbonyl (C=O) groups is 3. The molecule has 3 rings (SSSR count). The molecule has 0 fully saturated rings. The number of aryl methyl sites for hydroxylation is 1. The lowest BCUT2D eigenvalue weighted by molar-refractivity contribution is -0.144. The van der Waals surface area contributed by atoms with Crippen LogP contribution in [-0.4, -0.2) is 34.2 Å². The van der Waals surface area contributed by atoms with Gasteiger partial charge in [0.1, 0.15) is 0 Å². The first-order chi connectivity index (χ1) is 15.3. The fourth-order valence-corrected chi connectivity index (χ4v) is 3.15. The van der Waals surface area contributed by atoms with Gasteiger partial charge in [-0.05, 0) is 56.3 Å². The lowest BCUT2D eigenvalue weighted by Crippen LogP contribution is -2.43. The topological polar surface area (TPSA) is 102 Å². The van der Waals surface area contributed by atoms with Crippen LogP contribution >= 0.6 is 15.9 Å². The number of hydrogen-bond donors (Lipinski definition) is 2. The number of nitrogens with one attached hydrogen (secondary N) is 2. The highest BCUT2D eigenvalue weighted by Gasteiger charge is 2.12. The van der Waals surface area contributed by atoms with E-state index in [-0.39, 0.29) is 0 Å². The summed E-state index contributed by atoms with van der Waals surface area (Å²) in [4.78, 5) is 35.8. The molecule has 2 aromatic carbocycles. The Morgan fingerprint density at radius 2 is 1.72 bits per heavy atom. The van der Waals surface area contributed by atoms with Crippen molar-refractivity contribution in [3.05, 3.63) is 87.7 Å². The highest BCUT2D eigenvalue weighted by atomic mass is 79.9. The third-order valence-corrected chi connectivity index (χ3v) is 5.03. The van der Waals surface area contributed by atoms with Crippen LogP contribution in [0.4, 0.5) is 0 Å². The van der Waals surface area contributed by atoms with E-state index in [0.717, 1.165) is 27.1 Å². The van der Waals surface area contributed by atoms with Gasteiger partial charge in [0, 0.05) is 27.4 Å². The van der Waals surface area contributed by atoms with E-state index in [0.29, 0.717) is 5.56 Å². The first-order valence-electron chi connectivity index (χ1n) is 9.66. The Labute approximate surface area is 193 Å². The number of halogens is 1. The normalized spacial score (nSPS) is 10.7. The number of carbonyl (C=O) groups excluding carboxylic acids is 3. The Morgan fingerprint density at radius 3 is 2.41 bits per heavy atom. The van der Waals surface area contributed by atoms with E-state index >= 15 is 0 Å². The Hall–Kier alpha value is -3.72. The number of hydrogen-bond acceptors (Lipinski definition) is 5. The van der Waals surface area contributed by atoms with Crippen LogP contribution in [0.15, 0.2) is 65.1 Å². The quantitative estimate of drug-likeness (QED) is 0.309. The van der Waals surface area contributed by atoms with Crippen molar-refractivity contribution in [2.24, 2.45) is 0 Å². The molecule has 3 aromatic rings. The van der Waals surface area contributed by atoms with Gasteiger partial charge in [-0.25, -0.2) is 9.48 Å². The molecule has 0 unspecified atom stereocenters. The third kappa shape index (κ3) is 5.92. The summed E-state index contributed by atoms with van der Waals surface area (Å²) in [6.45, 7) is 3.21. The van der Waals surface area contributed by atoms with E-state index in [4.69, 9.17) is 4.74 Å². The summed E-state index contributed by atoms with van der Waals surface area (Å²) in [7, 11) is 0. The molecule has 0 atom stereocenters. The summed E-state index contributed by atoms with van der Waals surface area (Å²) in [6, 6.07) is 16.3. The summed E-state index contributed by atoms with van der Waals surface area (Å²) >= 11 is 3.28. The van der Waals surface area contributed by atoms with Crippen molar-refractivity contribution < 1.29 is 19.1 Å². The Balaban J connectivity index is 1.50. The van der Waals surface area contributed by atoms with Crippen LogP contribution in [0.2, 0.25) is 0 Å². The second-order valence-electron chi connectivity index (χ2n) is 6.78. The summed E-state index contributed by atoms with van der Waals surface area (Å²) in [5.41, 5.74) is 8.15. The third-order valence-electron chi connectivity index (χ3n) is 4.50. The lowest BCUT2D eigenvalue weighted by atomic mass is 10.2. The second-order valence-corrected chi connectivity index (χ2v) is 7.70. The maximum absolute atomic E-state index is 12.0. The van der Waals surface area contributed by atoms with Crippen LogP contribution in [0.3, 0.4) is 0 Å². The van der Waals surface area contributed by atoms with Gasteiger partial charge in [0.2, 0.25) is 0 Å². The Bertz CT molecular complexity index is 1150. The predicted molar refractivity (Wildman–Crippen MR) is 123 cm³/mol. The van der Waals surface area contributed by atoms with Crippen LogP contribution in [0.1, 0.15) is 27.3 Å². The fourth-order valence-electron chi connectivity index (χ4n) is 2.89. The van der Waals surface area contributed by atoms with Crippen LogP contribution < -0.4 is 10.9 Å². The second kappa shape index (κ2) is 10.5. The number of hydrazine groups is 1. The zero-order chi connectivity index (χ0) is 23.1. The largest absolute Gasteiger partial charge is 0.452 e. The summed E-state index contributed by atoms with van der Waals surface area (Å²) in [5.74, 6) is -1.84. The zero-order valence-corrected chi connectivity index (χ0v) is 19.0. The van der Waals surface area contributed by atoms with Crippen LogP contribution in [0, 0.1) is 13.8 Å². The molecule has 32 heavy (non-hydrogen) atoms. The predicted octanol–water partition coefficient (Wildman–Crippen LogP) is 3.27. The van der Waals surface area contributed by atoms with E-state index in [2.05, 4.69) is 31.9 Å². The minimum Gasteiger partial charge on any atom is -0.452 e. The number of amides is 2. The number of ether oxygens (including phenoxy) is 1. The first kappa shape index (κ1) is 23.0. The molecule has 2 N–H and O–H groups in total. The average Bonchev–Trinajstić information content (AvgIpc) is 3.08. The van der Waals surface area contributed by atoms with Gasteiger partial charge in [-0.15, -0.1) is 0 Å². The molecule has 0 saturated heterocycles. The summed E-state index contributed by atoms with van der Waals surface area (Å²) in [5, 5.41) is 4.51. The van der Waals surface area contributed by atoms with Gasteiger partial charge in [-0.1, -0.05) is 34.1 Å². The Morgan fingerprint density at radius 1 is 1.03 bits per heavy atom. The number of nitrogens with zero attached hydrogens (tertiary/aromatic N) is 2. The van der Waals surface area contributed by atoms with Crippen LogP contribution in [0.5, 0.6) is 0 Å². The van der Waals surface area contributed by atoms with Gasteiger partial charge in [0.25, 0.3) is 11.8 Å². The van der Waals surface area contributed by atoms with Crippen molar-refractivity contribution in [1.29, 1.82) is 0 Å². The van der Waals surface area contributed by atoms with E-state index in [1.54, 1.807) is 35.0 Å². The standard InChI is InChI=1S/C23H21BrN4O4/c1-15-20(16(2)28(27-15)19-6-4-3-5-7-19)12-13-22(30)32-14-21(29)25-26-23(31)17-8-10-18(24)11-9-17/h3-13H,14H2,1-2H3,(H,25,29)(H,26,31)/b13-12+. The number of para-hydroxylation sites is 1. The van der Waals surface area contributed by atoms with Crippen molar-refractivity contribution in [1.82, 2.24) is 20.6 Å². The van der Waals surface area contributed by atoms with E-state index < -0.39 is 24.4 Å². The van der Waals surface area contributed by atoms with Gasteiger partial charge < -0.3 is 4.74 Å². The molecule has 0 aliphatic heterocycles. The van der Waals surface area contributed by atoms with Gasteiger partial charge in [-0.2, -0.15) is 5.10 Å². The minimum absolute atomic E-state index is 0.371. The van der Waals surface area contributed by atoms with Gasteiger partial charge >= 0.3 is 5.97 Å². The monoisotopic (exact) mass is 496 g/mol. The molecular formula is C23H21BrN4O4. The molecule has 0 spiro atoms. The molecule has 8 nitrogen and oxygen atoms in total. The molecule has 1 aromatic heterocycles. The number of aromatic nitrogens is 2. The van der Waals surface area contributed by atoms with Crippen molar-refractivity contribution >= 4 is 39.8 Å². The van der Waals surface area contributed by atoms with Crippen LogP contribution in [0.25, 0.3) is 11.8 Å². The van der Waals surface area contributed by atoms with Gasteiger partial charge in [-0.3, -0.25) is 20.4 Å². The minimum atomic E-state index is -0.689. The maximum atomic E-state index is 12.0. The summed E-state index contributed by atoms with van der Waals surface area (Å²) in [6.07, 6.45) is 2.84. The van der Waals surface area contributed by atoms with E-state index in [1.807, 2.05) is 44.2 Å². The molecule has 9 heteroatoms. The van der Waals surface area contributed by atoms with Gasteiger partial charge in [0.15, 0.2) is 6.61 Å². The highest BCUT2D eigenvalue weighted by Crippen LogP contribution is 2.19. The van der Waals surface area contributed by atoms with E-state index in [1.165, 1.54) is 6.08 Å². The van der Waals surface area contributed by atoms with Crippen LogP contribution in [-0.2, 0) is 14.3 Å². The molecule has 1 heterocycles. The smallest absolute Gasteiger partial charge is 0.331 e. The molecule has 0 aliphatic rings. The number of rotatable bonds is 6. The SMILES string of the molecule is Cc1nn(-c2ccccc2)c(C)c1/C=C/C(=O)OCC(=O)NNC(=O)c1ccc(Br)cc1. The highest BCUT2D eigenvalue weighted by molar-refractivity contribution is 9.10. The number of esters is 1. The number of benzene rings is 2. The van der Waals surface area contributed by atoms with Gasteiger partial charge in [0.05, 0.1) is 11.4 Å². The molecule has 0 saturated carbocycles. The molecule has 164 valence electrons. The maximum Gasteiger partial charge on any atom is 0.331 e. The lowest BCUT2D eigenvalue weighted by Gasteiger charge is -2.07. The average molecular weight is 497 g/mol. The molecule has 0 radical (unpaired) electrons. The zero-order valence-electron chi connectivity index (χ0n) is 17.5. The molecule has 0 aliphatic carbocycles.